The molecule has 2 N–H and O–H groups in total. The molecule has 2 amide bonds. The Morgan fingerprint density at radius 2 is 1.54 bits per heavy atom. The lowest BCUT2D eigenvalue weighted by Crippen LogP contribution is -2.53. The highest BCUT2D eigenvalue weighted by Crippen LogP contribution is 2.60. The lowest BCUT2D eigenvalue weighted by atomic mass is 9.49. The number of amides is 2. The van der Waals surface area contributed by atoms with E-state index in [1.807, 2.05) is 30.3 Å². The van der Waals surface area contributed by atoms with E-state index in [-0.39, 0.29) is 17.2 Å². The molecule has 0 aromatic heterocycles. The van der Waals surface area contributed by atoms with Crippen LogP contribution in [0.15, 0.2) is 30.3 Å². The van der Waals surface area contributed by atoms with E-state index in [0.29, 0.717) is 25.9 Å². The Morgan fingerprint density at radius 3 is 2.15 bits per heavy atom. The summed E-state index contributed by atoms with van der Waals surface area (Å²) in [6.07, 6.45) is 8.54. The van der Waals surface area contributed by atoms with E-state index in [1.54, 1.807) is 0 Å². The van der Waals surface area contributed by atoms with Gasteiger partial charge in [0, 0.05) is 24.9 Å². The third kappa shape index (κ3) is 3.79. The van der Waals surface area contributed by atoms with Crippen LogP contribution in [0, 0.1) is 23.2 Å². The van der Waals surface area contributed by atoms with Crippen molar-refractivity contribution >= 4 is 11.8 Å². The van der Waals surface area contributed by atoms with Crippen LogP contribution in [0.1, 0.15) is 56.9 Å². The molecule has 0 spiro atoms. The Hall–Kier alpha value is -1.84. The Balaban J connectivity index is 1.17. The number of carbonyl (C=O) groups excluding carboxylic acids is 2. The molecule has 5 rings (SSSR count). The van der Waals surface area contributed by atoms with Crippen molar-refractivity contribution in [2.75, 3.05) is 6.54 Å². The van der Waals surface area contributed by atoms with Crippen LogP contribution in [-0.4, -0.2) is 18.4 Å². The van der Waals surface area contributed by atoms with Gasteiger partial charge in [-0.2, -0.15) is 0 Å². The molecule has 0 heterocycles. The van der Waals surface area contributed by atoms with E-state index in [2.05, 4.69) is 10.6 Å². The lowest BCUT2D eigenvalue weighted by Gasteiger charge is -2.55. The number of hydrogen-bond donors (Lipinski definition) is 2. The van der Waals surface area contributed by atoms with Crippen molar-refractivity contribution < 1.29 is 9.59 Å². The van der Waals surface area contributed by atoms with Crippen LogP contribution in [0.3, 0.4) is 0 Å². The summed E-state index contributed by atoms with van der Waals surface area (Å²) >= 11 is 0. The van der Waals surface area contributed by atoms with E-state index in [4.69, 9.17) is 0 Å². The van der Waals surface area contributed by atoms with Crippen molar-refractivity contribution in [3.8, 4) is 0 Å². The maximum atomic E-state index is 12.8. The van der Waals surface area contributed by atoms with Gasteiger partial charge in [-0.05, 0) is 68.3 Å². The Morgan fingerprint density at radius 1 is 0.923 bits per heavy atom. The molecule has 4 aliphatic rings. The minimum Gasteiger partial charge on any atom is -0.356 e. The third-order valence-corrected chi connectivity index (χ3v) is 6.72. The van der Waals surface area contributed by atoms with Crippen LogP contribution in [-0.2, 0) is 16.1 Å². The predicted octanol–water partition coefficient (Wildman–Crippen LogP) is 3.42. The number of carbonyl (C=O) groups is 2. The van der Waals surface area contributed by atoms with Crippen molar-refractivity contribution in [1.29, 1.82) is 0 Å². The monoisotopic (exact) mass is 354 g/mol. The average molecular weight is 354 g/mol. The van der Waals surface area contributed by atoms with Crippen LogP contribution >= 0.6 is 0 Å². The van der Waals surface area contributed by atoms with Gasteiger partial charge < -0.3 is 10.6 Å². The molecule has 4 fully saturated rings. The Kier molecular flexibility index (Phi) is 5.01. The highest BCUT2D eigenvalue weighted by Gasteiger charge is 2.54. The second-order valence-electron chi connectivity index (χ2n) is 8.82. The first-order valence-corrected chi connectivity index (χ1v) is 10.2. The van der Waals surface area contributed by atoms with Gasteiger partial charge in [-0.15, -0.1) is 0 Å². The van der Waals surface area contributed by atoms with Gasteiger partial charge >= 0.3 is 0 Å². The standard InChI is InChI=1S/C22H30N2O2/c25-20(24-15-16-5-2-1-3-6-16)7-4-8-23-21(26)22-12-17-9-18(13-22)11-19(10-17)14-22/h1-3,5-6,17-19H,4,7-15H2,(H,23,26)(H,24,25). The SMILES string of the molecule is O=C(CCCNC(=O)C12CC3CC(CC(C3)C1)C2)NCc1ccccc1. The van der Waals surface area contributed by atoms with E-state index in [1.165, 1.54) is 19.3 Å². The number of benzene rings is 1. The molecular formula is C22H30N2O2. The third-order valence-electron chi connectivity index (χ3n) is 6.72. The summed E-state index contributed by atoms with van der Waals surface area (Å²) < 4.78 is 0. The number of hydrogen-bond acceptors (Lipinski definition) is 2. The van der Waals surface area contributed by atoms with Gasteiger partial charge in [0.25, 0.3) is 0 Å². The number of rotatable bonds is 7. The first-order valence-electron chi connectivity index (χ1n) is 10.2. The average Bonchev–Trinajstić information content (AvgIpc) is 2.63. The molecule has 4 aliphatic carbocycles. The zero-order chi connectivity index (χ0) is 18.0. The van der Waals surface area contributed by atoms with Crippen molar-refractivity contribution in [2.45, 2.75) is 57.9 Å². The van der Waals surface area contributed by atoms with E-state index in [9.17, 15) is 9.59 Å². The topological polar surface area (TPSA) is 58.2 Å². The summed E-state index contributed by atoms with van der Waals surface area (Å²) in [6.45, 7) is 1.18. The molecule has 1 aromatic carbocycles. The van der Waals surface area contributed by atoms with Crippen molar-refractivity contribution in [3.63, 3.8) is 0 Å². The molecular weight excluding hydrogens is 324 g/mol. The molecule has 4 saturated carbocycles. The number of nitrogens with one attached hydrogen (secondary N) is 2. The van der Waals surface area contributed by atoms with Gasteiger partial charge in [0.15, 0.2) is 0 Å². The minimum atomic E-state index is -0.0790. The quantitative estimate of drug-likeness (QED) is 0.737. The summed E-state index contributed by atoms with van der Waals surface area (Å²) in [4.78, 5) is 24.8. The largest absolute Gasteiger partial charge is 0.356 e. The fourth-order valence-electron chi connectivity index (χ4n) is 5.91. The second kappa shape index (κ2) is 7.42. The molecule has 4 nitrogen and oxygen atoms in total. The molecule has 0 saturated heterocycles. The summed E-state index contributed by atoms with van der Waals surface area (Å²) in [5, 5.41) is 6.09. The first-order chi connectivity index (χ1) is 12.6. The summed E-state index contributed by atoms with van der Waals surface area (Å²) in [5.74, 6) is 2.68. The van der Waals surface area contributed by atoms with Crippen LogP contribution in [0.5, 0.6) is 0 Å². The van der Waals surface area contributed by atoms with Crippen molar-refractivity contribution in [3.05, 3.63) is 35.9 Å². The highest BCUT2D eigenvalue weighted by atomic mass is 16.2. The van der Waals surface area contributed by atoms with Gasteiger partial charge in [-0.25, -0.2) is 0 Å². The molecule has 140 valence electrons. The lowest BCUT2D eigenvalue weighted by molar-refractivity contribution is -0.146. The van der Waals surface area contributed by atoms with Gasteiger partial charge in [0.05, 0.1) is 0 Å². The van der Waals surface area contributed by atoms with E-state index in [0.717, 1.165) is 42.6 Å². The molecule has 0 atom stereocenters. The van der Waals surface area contributed by atoms with Crippen LogP contribution in [0.4, 0.5) is 0 Å². The van der Waals surface area contributed by atoms with Crippen LogP contribution < -0.4 is 10.6 Å². The molecule has 4 heteroatoms. The zero-order valence-electron chi connectivity index (χ0n) is 15.5. The Bertz CT molecular complexity index is 620. The normalized spacial score (nSPS) is 31.6. The van der Waals surface area contributed by atoms with E-state index < -0.39 is 0 Å². The summed E-state index contributed by atoms with van der Waals surface area (Å²) in [6, 6.07) is 9.93. The van der Waals surface area contributed by atoms with Crippen molar-refractivity contribution in [2.24, 2.45) is 23.2 Å². The first kappa shape index (κ1) is 17.6. The van der Waals surface area contributed by atoms with Gasteiger partial charge in [0.2, 0.25) is 11.8 Å². The zero-order valence-corrected chi connectivity index (χ0v) is 15.5. The van der Waals surface area contributed by atoms with Gasteiger partial charge in [-0.1, -0.05) is 30.3 Å². The molecule has 4 bridgehead atoms. The molecule has 1 aromatic rings. The van der Waals surface area contributed by atoms with Gasteiger partial charge in [-0.3, -0.25) is 9.59 Å². The summed E-state index contributed by atoms with van der Waals surface area (Å²) in [5.41, 5.74) is 1.03. The fourth-order valence-corrected chi connectivity index (χ4v) is 5.91. The van der Waals surface area contributed by atoms with Crippen LogP contribution in [0.25, 0.3) is 0 Å². The summed E-state index contributed by atoms with van der Waals surface area (Å²) in [7, 11) is 0. The maximum absolute atomic E-state index is 12.8. The molecule has 0 unspecified atom stereocenters. The maximum Gasteiger partial charge on any atom is 0.226 e. The molecule has 0 radical (unpaired) electrons. The van der Waals surface area contributed by atoms with Gasteiger partial charge in [0.1, 0.15) is 0 Å². The van der Waals surface area contributed by atoms with E-state index >= 15 is 0 Å². The van der Waals surface area contributed by atoms with Crippen molar-refractivity contribution in [1.82, 2.24) is 10.6 Å². The minimum absolute atomic E-state index is 0.0536. The highest BCUT2D eigenvalue weighted by molar-refractivity contribution is 5.83. The Labute approximate surface area is 156 Å². The fraction of sp³-hybridized carbons (Fsp3) is 0.636. The predicted molar refractivity (Wildman–Crippen MR) is 101 cm³/mol. The molecule has 0 aliphatic heterocycles. The van der Waals surface area contributed by atoms with Crippen LogP contribution in [0.2, 0.25) is 0 Å². The second-order valence-corrected chi connectivity index (χ2v) is 8.82. The molecule has 26 heavy (non-hydrogen) atoms. The smallest absolute Gasteiger partial charge is 0.226 e.